The van der Waals surface area contributed by atoms with E-state index in [0.29, 0.717) is 18.4 Å². The molecule has 0 unspecified atom stereocenters. The van der Waals surface area contributed by atoms with Crippen LogP contribution in [0.15, 0.2) is 36.7 Å². The monoisotopic (exact) mass is 262 g/mol. The molecule has 2 heterocycles. The Bertz CT molecular complexity index is 524. The summed E-state index contributed by atoms with van der Waals surface area (Å²) in [5, 5.41) is 0. The van der Waals surface area contributed by atoms with Crippen LogP contribution in [0.1, 0.15) is 32.0 Å². The van der Waals surface area contributed by atoms with Gasteiger partial charge in [-0.05, 0) is 31.5 Å². The van der Waals surface area contributed by atoms with Crippen molar-refractivity contribution in [3.05, 3.63) is 48.3 Å². The molecular weight excluding hydrogens is 243 g/mol. The Labute approximate surface area is 113 Å². The molecule has 0 amide bonds. The molecule has 0 aliphatic heterocycles. The van der Waals surface area contributed by atoms with Gasteiger partial charge >= 0.3 is 0 Å². The van der Waals surface area contributed by atoms with Gasteiger partial charge < -0.3 is 9.30 Å². The van der Waals surface area contributed by atoms with Gasteiger partial charge in [-0.3, -0.25) is 0 Å². The third-order valence-corrected chi connectivity index (χ3v) is 3.26. The van der Waals surface area contributed by atoms with Crippen LogP contribution in [-0.4, -0.2) is 16.2 Å². The second kappa shape index (κ2) is 6.36. The highest BCUT2D eigenvalue weighted by atomic mass is 19.1. The van der Waals surface area contributed by atoms with Crippen molar-refractivity contribution in [3.8, 4) is 5.75 Å². The van der Waals surface area contributed by atoms with Crippen LogP contribution >= 0.6 is 0 Å². The van der Waals surface area contributed by atoms with E-state index in [4.69, 9.17) is 4.74 Å². The molecule has 2 aromatic heterocycles. The number of rotatable bonds is 6. The quantitative estimate of drug-likeness (QED) is 0.743. The van der Waals surface area contributed by atoms with Gasteiger partial charge in [-0.25, -0.2) is 4.98 Å². The Hall–Kier alpha value is -1.84. The predicted octanol–water partition coefficient (Wildman–Crippen LogP) is 3.61. The van der Waals surface area contributed by atoms with Gasteiger partial charge in [-0.1, -0.05) is 6.92 Å². The van der Waals surface area contributed by atoms with Crippen LogP contribution < -0.4 is 4.74 Å². The van der Waals surface area contributed by atoms with Crippen molar-refractivity contribution in [1.29, 1.82) is 0 Å². The second-order valence-electron chi connectivity index (χ2n) is 4.58. The third kappa shape index (κ3) is 3.56. The number of aromatic nitrogens is 2. The fourth-order valence-electron chi connectivity index (χ4n) is 2.02. The van der Waals surface area contributed by atoms with Crippen molar-refractivity contribution in [3.63, 3.8) is 0 Å². The zero-order valence-electron chi connectivity index (χ0n) is 11.3. The van der Waals surface area contributed by atoms with E-state index in [-0.39, 0.29) is 0 Å². The smallest absolute Gasteiger partial charge is 0.216 e. The van der Waals surface area contributed by atoms with Gasteiger partial charge in [0.25, 0.3) is 0 Å². The van der Waals surface area contributed by atoms with E-state index in [1.54, 1.807) is 6.07 Å². The molecule has 4 heteroatoms. The number of hydrogen-bond acceptors (Lipinski definition) is 2. The van der Waals surface area contributed by atoms with Gasteiger partial charge in [-0.2, -0.15) is 4.39 Å². The highest BCUT2D eigenvalue weighted by Crippen LogP contribution is 2.16. The predicted molar refractivity (Wildman–Crippen MR) is 72.8 cm³/mol. The molecule has 0 spiro atoms. The van der Waals surface area contributed by atoms with Crippen molar-refractivity contribution in [2.24, 2.45) is 0 Å². The first-order valence-electron chi connectivity index (χ1n) is 6.60. The van der Waals surface area contributed by atoms with Crippen LogP contribution in [0.25, 0.3) is 0 Å². The van der Waals surface area contributed by atoms with Crippen LogP contribution in [-0.2, 0) is 6.42 Å². The van der Waals surface area contributed by atoms with Gasteiger partial charge in [0.2, 0.25) is 5.95 Å². The SMILES string of the molecule is CC[C@H](C)n1cccc1CCOc1ccnc(F)c1. The van der Waals surface area contributed by atoms with E-state index in [9.17, 15) is 4.39 Å². The lowest BCUT2D eigenvalue weighted by Crippen LogP contribution is -2.10. The van der Waals surface area contributed by atoms with Gasteiger partial charge in [-0.15, -0.1) is 0 Å². The highest BCUT2D eigenvalue weighted by Gasteiger charge is 2.06. The van der Waals surface area contributed by atoms with Crippen LogP contribution in [0, 0.1) is 5.95 Å². The van der Waals surface area contributed by atoms with Gasteiger partial charge in [0.1, 0.15) is 5.75 Å². The molecule has 0 aliphatic carbocycles. The van der Waals surface area contributed by atoms with Gasteiger partial charge in [0, 0.05) is 36.6 Å². The summed E-state index contributed by atoms with van der Waals surface area (Å²) >= 11 is 0. The average molecular weight is 262 g/mol. The Kier molecular flexibility index (Phi) is 4.55. The topological polar surface area (TPSA) is 27.1 Å². The Balaban J connectivity index is 1.91. The van der Waals surface area contributed by atoms with E-state index in [1.165, 1.54) is 18.0 Å². The minimum Gasteiger partial charge on any atom is -0.493 e. The summed E-state index contributed by atoms with van der Waals surface area (Å²) in [7, 11) is 0. The molecule has 0 radical (unpaired) electrons. The number of hydrogen-bond donors (Lipinski definition) is 0. The first-order chi connectivity index (χ1) is 9.20. The lowest BCUT2D eigenvalue weighted by molar-refractivity contribution is 0.314. The van der Waals surface area contributed by atoms with E-state index in [2.05, 4.69) is 35.7 Å². The maximum absolute atomic E-state index is 12.9. The van der Waals surface area contributed by atoms with Crippen LogP contribution in [0.3, 0.4) is 0 Å². The lowest BCUT2D eigenvalue weighted by Gasteiger charge is -2.15. The molecule has 2 rings (SSSR count). The van der Waals surface area contributed by atoms with Gasteiger partial charge in [0.15, 0.2) is 0 Å². The summed E-state index contributed by atoms with van der Waals surface area (Å²) in [6.07, 6.45) is 5.40. The molecule has 1 atom stereocenters. The van der Waals surface area contributed by atoms with Crippen molar-refractivity contribution in [2.75, 3.05) is 6.61 Å². The number of pyridine rings is 1. The summed E-state index contributed by atoms with van der Waals surface area (Å²) in [4.78, 5) is 3.50. The molecular formula is C15H19FN2O. The van der Waals surface area contributed by atoms with Gasteiger partial charge in [0.05, 0.1) is 6.61 Å². The van der Waals surface area contributed by atoms with Crippen molar-refractivity contribution >= 4 is 0 Å². The molecule has 19 heavy (non-hydrogen) atoms. The summed E-state index contributed by atoms with van der Waals surface area (Å²) in [6.45, 7) is 4.90. The van der Waals surface area contributed by atoms with Crippen molar-refractivity contribution < 1.29 is 9.13 Å². The number of halogens is 1. The summed E-state index contributed by atoms with van der Waals surface area (Å²) in [6, 6.07) is 7.60. The summed E-state index contributed by atoms with van der Waals surface area (Å²) in [5.41, 5.74) is 1.24. The van der Waals surface area contributed by atoms with Crippen molar-refractivity contribution in [1.82, 2.24) is 9.55 Å². The molecule has 0 saturated carbocycles. The van der Waals surface area contributed by atoms with Crippen LogP contribution in [0.2, 0.25) is 0 Å². The van der Waals surface area contributed by atoms with Crippen LogP contribution in [0.4, 0.5) is 4.39 Å². The molecule has 0 N–H and O–H groups in total. The Morgan fingerprint density at radius 2 is 2.26 bits per heavy atom. The molecule has 2 aromatic rings. The second-order valence-corrected chi connectivity index (χ2v) is 4.58. The number of ether oxygens (including phenoxy) is 1. The molecule has 0 aliphatic rings. The van der Waals surface area contributed by atoms with Crippen LogP contribution in [0.5, 0.6) is 5.75 Å². The largest absolute Gasteiger partial charge is 0.493 e. The summed E-state index contributed by atoms with van der Waals surface area (Å²) < 4.78 is 20.7. The van der Waals surface area contributed by atoms with E-state index >= 15 is 0 Å². The molecule has 0 aromatic carbocycles. The highest BCUT2D eigenvalue weighted by molar-refractivity contribution is 5.18. The maximum atomic E-state index is 12.9. The number of nitrogens with zero attached hydrogens (tertiary/aromatic N) is 2. The molecule has 3 nitrogen and oxygen atoms in total. The van der Waals surface area contributed by atoms with E-state index in [0.717, 1.165) is 12.8 Å². The molecule has 0 fully saturated rings. The molecule has 0 bridgehead atoms. The molecule has 102 valence electrons. The lowest BCUT2D eigenvalue weighted by atomic mass is 10.2. The van der Waals surface area contributed by atoms with Crippen molar-refractivity contribution in [2.45, 2.75) is 32.7 Å². The first-order valence-corrected chi connectivity index (χ1v) is 6.60. The Morgan fingerprint density at radius 3 is 3.00 bits per heavy atom. The normalized spacial score (nSPS) is 12.4. The maximum Gasteiger partial charge on any atom is 0.216 e. The summed E-state index contributed by atoms with van der Waals surface area (Å²) in [5.74, 6) is 0.00891. The fraction of sp³-hybridized carbons (Fsp3) is 0.400. The molecule has 0 saturated heterocycles. The zero-order chi connectivity index (χ0) is 13.7. The van der Waals surface area contributed by atoms with E-state index in [1.807, 2.05) is 6.07 Å². The average Bonchev–Trinajstić information content (AvgIpc) is 2.86. The fourth-order valence-corrected chi connectivity index (χ4v) is 2.02. The zero-order valence-corrected chi connectivity index (χ0v) is 11.3. The minimum atomic E-state index is -0.513. The first kappa shape index (κ1) is 13.6. The third-order valence-electron chi connectivity index (χ3n) is 3.26. The standard InChI is InChI=1S/C15H19FN2O/c1-3-12(2)18-9-4-5-13(18)7-10-19-14-6-8-17-15(16)11-14/h4-6,8-9,11-12H,3,7,10H2,1-2H3/t12-/m0/s1. The van der Waals surface area contributed by atoms with E-state index < -0.39 is 5.95 Å². The Morgan fingerprint density at radius 1 is 1.42 bits per heavy atom. The minimum absolute atomic E-state index is 0.489.